The Bertz CT molecular complexity index is 255. The van der Waals surface area contributed by atoms with Crippen LogP contribution in [0, 0.1) is 6.92 Å². The molecule has 0 saturated carbocycles. The minimum atomic E-state index is 0.621. The van der Waals surface area contributed by atoms with Gasteiger partial charge in [0.25, 0.3) is 0 Å². The lowest BCUT2D eigenvalue weighted by molar-refractivity contribution is 1.01. The molecule has 0 amide bonds. The van der Waals surface area contributed by atoms with E-state index in [0.717, 1.165) is 11.3 Å². The van der Waals surface area contributed by atoms with Crippen molar-refractivity contribution in [2.24, 2.45) is 10.7 Å². The molecule has 3 heteroatoms. The lowest BCUT2D eigenvalue weighted by Gasteiger charge is -1.98. The van der Waals surface area contributed by atoms with Crippen molar-refractivity contribution in [2.45, 2.75) is 13.5 Å². The Balaban J connectivity index is 2.77. The maximum atomic E-state index is 5.11. The largest absolute Gasteiger partial charge is 0.390 e. The molecule has 0 aromatic carbocycles. The summed E-state index contributed by atoms with van der Waals surface area (Å²) in [5.74, 6) is 0. The molecule has 1 aromatic rings. The highest BCUT2D eigenvalue weighted by Gasteiger charge is 1.93. The molecule has 0 aliphatic heterocycles. The molecule has 0 aliphatic carbocycles. The number of pyridine rings is 1. The fourth-order valence-electron chi connectivity index (χ4n) is 0.836. The molecule has 0 fully saturated rings. The van der Waals surface area contributed by atoms with Crippen LogP contribution in [0.25, 0.3) is 0 Å². The molecule has 0 spiro atoms. The SMILES string of the molecule is Cc1ncccc1CN=CN. The van der Waals surface area contributed by atoms with E-state index in [1.807, 2.05) is 19.1 Å². The standard InChI is InChI=1S/C8H11N3/c1-7-8(5-10-6-9)3-2-4-11-7/h2-4,6H,5H2,1H3,(H2,9,10). The molecule has 11 heavy (non-hydrogen) atoms. The van der Waals surface area contributed by atoms with Gasteiger partial charge in [0, 0.05) is 11.9 Å². The fraction of sp³-hybridized carbons (Fsp3) is 0.250. The second-order valence-corrected chi connectivity index (χ2v) is 2.24. The van der Waals surface area contributed by atoms with Gasteiger partial charge in [-0.25, -0.2) is 0 Å². The van der Waals surface area contributed by atoms with E-state index in [1.54, 1.807) is 6.20 Å². The van der Waals surface area contributed by atoms with Gasteiger partial charge < -0.3 is 5.73 Å². The van der Waals surface area contributed by atoms with Crippen LogP contribution >= 0.6 is 0 Å². The quantitative estimate of drug-likeness (QED) is 0.501. The fourth-order valence-corrected chi connectivity index (χ4v) is 0.836. The number of hydrogen-bond donors (Lipinski definition) is 1. The molecule has 0 radical (unpaired) electrons. The van der Waals surface area contributed by atoms with E-state index in [9.17, 15) is 0 Å². The average Bonchev–Trinajstić information content (AvgIpc) is 2.03. The third-order valence-electron chi connectivity index (χ3n) is 1.48. The lowest BCUT2D eigenvalue weighted by Crippen LogP contribution is -1.93. The van der Waals surface area contributed by atoms with Crippen molar-refractivity contribution in [2.75, 3.05) is 0 Å². The normalized spacial score (nSPS) is 10.6. The van der Waals surface area contributed by atoms with Gasteiger partial charge in [0.2, 0.25) is 0 Å². The Hall–Kier alpha value is -1.38. The van der Waals surface area contributed by atoms with Crippen molar-refractivity contribution in [1.82, 2.24) is 4.98 Å². The molecule has 0 saturated heterocycles. The highest BCUT2D eigenvalue weighted by molar-refractivity contribution is 5.51. The van der Waals surface area contributed by atoms with Crippen LogP contribution in [0.1, 0.15) is 11.3 Å². The summed E-state index contributed by atoms with van der Waals surface area (Å²) in [7, 11) is 0. The smallest absolute Gasteiger partial charge is 0.0801 e. The van der Waals surface area contributed by atoms with Gasteiger partial charge in [0.1, 0.15) is 0 Å². The van der Waals surface area contributed by atoms with Gasteiger partial charge in [0.05, 0.1) is 12.9 Å². The zero-order valence-electron chi connectivity index (χ0n) is 6.49. The molecule has 2 N–H and O–H groups in total. The summed E-state index contributed by atoms with van der Waals surface area (Å²) >= 11 is 0. The van der Waals surface area contributed by atoms with Gasteiger partial charge >= 0.3 is 0 Å². The lowest BCUT2D eigenvalue weighted by atomic mass is 10.2. The van der Waals surface area contributed by atoms with Gasteiger partial charge in [-0.2, -0.15) is 0 Å². The summed E-state index contributed by atoms with van der Waals surface area (Å²) in [5, 5.41) is 0. The van der Waals surface area contributed by atoms with Crippen LogP contribution in [0.2, 0.25) is 0 Å². The number of nitrogens with two attached hydrogens (primary N) is 1. The van der Waals surface area contributed by atoms with Crippen LogP contribution in [0.15, 0.2) is 23.3 Å². The number of rotatable bonds is 2. The molecule has 3 nitrogen and oxygen atoms in total. The molecule has 1 heterocycles. The monoisotopic (exact) mass is 149 g/mol. The maximum Gasteiger partial charge on any atom is 0.0801 e. The van der Waals surface area contributed by atoms with E-state index >= 15 is 0 Å². The second kappa shape index (κ2) is 3.71. The second-order valence-electron chi connectivity index (χ2n) is 2.24. The van der Waals surface area contributed by atoms with Crippen LogP contribution in [0.4, 0.5) is 0 Å². The predicted octanol–water partition coefficient (Wildman–Crippen LogP) is 0.877. The van der Waals surface area contributed by atoms with Crippen LogP contribution in [0.3, 0.4) is 0 Å². The molecule has 0 unspecified atom stereocenters. The van der Waals surface area contributed by atoms with E-state index in [-0.39, 0.29) is 0 Å². The highest BCUT2D eigenvalue weighted by atomic mass is 14.8. The average molecular weight is 149 g/mol. The third kappa shape index (κ3) is 2.04. The first-order chi connectivity index (χ1) is 5.34. The van der Waals surface area contributed by atoms with E-state index in [2.05, 4.69) is 9.98 Å². The van der Waals surface area contributed by atoms with Crippen LogP contribution in [-0.2, 0) is 6.54 Å². The first-order valence-electron chi connectivity index (χ1n) is 3.45. The first-order valence-corrected chi connectivity index (χ1v) is 3.45. The van der Waals surface area contributed by atoms with Gasteiger partial charge in [-0.15, -0.1) is 0 Å². The molecular weight excluding hydrogens is 138 g/mol. The van der Waals surface area contributed by atoms with Gasteiger partial charge in [0.15, 0.2) is 0 Å². The minimum absolute atomic E-state index is 0.621. The van der Waals surface area contributed by atoms with Crippen molar-refractivity contribution in [3.63, 3.8) is 0 Å². The first kappa shape index (κ1) is 7.72. The Labute approximate surface area is 66.0 Å². The van der Waals surface area contributed by atoms with E-state index < -0.39 is 0 Å². The van der Waals surface area contributed by atoms with Crippen molar-refractivity contribution in [3.8, 4) is 0 Å². The zero-order chi connectivity index (χ0) is 8.10. The van der Waals surface area contributed by atoms with Crippen LogP contribution < -0.4 is 5.73 Å². The Kier molecular flexibility index (Phi) is 2.60. The van der Waals surface area contributed by atoms with Crippen LogP contribution in [-0.4, -0.2) is 11.3 Å². The number of nitrogens with zero attached hydrogens (tertiary/aromatic N) is 2. The van der Waals surface area contributed by atoms with Gasteiger partial charge in [-0.3, -0.25) is 9.98 Å². The summed E-state index contributed by atoms with van der Waals surface area (Å²) in [6.45, 7) is 2.58. The summed E-state index contributed by atoms with van der Waals surface area (Å²) in [6, 6.07) is 3.89. The van der Waals surface area contributed by atoms with Crippen molar-refractivity contribution in [3.05, 3.63) is 29.6 Å². The van der Waals surface area contributed by atoms with Crippen molar-refractivity contribution < 1.29 is 0 Å². The number of aromatic nitrogens is 1. The van der Waals surface area contributed by atoms with E-state index in [4.69, 9.17) is 5.73 Å². The van der Waals surface area contributed by atoms with E-state index in [1.165, 1.54) is 6.34 Å². The van der Waals surface area contributed by atoms with Crippen LogP contribution in [0.5, 0.6) is 0 Å². The molecule has 1 aromatic heterocycles. The molecule has 0 aliphatic rings. The molecule has 1 rings (SSSR count). The summed E-state index contributed by atoms with van der Waals surface area (Å²) in [6.07, 6.45) is 3.08. The number of aliphatic imine (C=N–C) groups is 1. The molecule has 58 valence electrons. The molecule has 0 bridgehead atoms. The van der Waals surface area contributed by atoms with E-state index in [0.29, 0.717) is 6.54 Å². The maximum absolute atomic E-state index is 5.11. The molecular formula is C8H11N3. The topological polar surface area (TPSA) is 51.3 Å². The highest BCUT2D eigenvalue weighted by Crippen LogP contribution is 2.03. The van der Waals surface area contributed by atoms with Gasteiger partial charge in [-0.05, 0) is 18.6 Å². The predicted molar refractivity (Wildman–Crippen MR) is 45.4 cm³/mol. The summed E-state index contributed by atoms with van der Waals surface area (Å²) in [5.41, 5.74) is 7.25. The Morgan fingerprint density at radius 3 is 3.18 bits per heavy atom. The third-order valence-corrected chi connectivity index (χ3v) is 1.48. The Morgan fingerprint density at radius 1 is 1.73 bits per heavy atom. The minimum Gasteiger partial charge on any atom is -0.390 e. The number of aryl methyl sites for hydroxylation is 1. The van der Waals surface area contributed by atoms with Gasteiger partial charge in [-0.1, -0.05) is 6.07 Å². The zero-order valence-corrected chi connectivity index (χ0v) is 6.49. The number of hydrogen-bond acceptors (Lipinski definition) is 2. The Morgan fingerprint density at radius 2 is 2.55 bits per heavy atom. The molecule has 0 atom stereocenters. The summed E-state index contributed by atoms with van der Waals surface area (Å²) in [4.78, 5) is 8.03. The van der Waals surface area contributed by atoms with Crippen molar-refractivity contribution >= 4 is 6.34 Å². The summed E-state index contributed by atoms with van der Waals surface area (Å²) < 4.78 is 0. The van der Waals surface area contributed by atoms with Crippen molar-refractivity contribution in [1.29, 1.82) is 0 Å².